The average molecular weight is 226 g/mol. The number of benzene rings is 1. The Labute approximate surface area is 103 Å². The van der Waals surface area contributed by atoms with E-state index in [0.29, 0.717) is 30.0 Å². The first-order valence-electron chi connectivity index (χ1n) is 6.57. The number of Topliss-reactive ketones (excluding diaryl/α,β-unsaturated/α-hetero) is 1. The fourth-order valence-corrected chi connectivity index (χ4v) is 3.63. The Morgan fingerprint density at radius 2 is 1.88 bits per heavy atom. The summed E-state index contributed by atoms with van der Waals surface area (Å²) in [6.07, 6.45) is 6.44. The van der Waals surface area contributed by atoms with E-state index in [1.165, 1.54) is 12.0 Å². The number of fused-ring (bicyclic) bond motifs is 2. The number of ketones is 1. The maximum Gasteiger partial charge on any atom is 0.136 e. The summed E-state index contributed by atoms with van der Waals surface area (Å²) in [5, 5.41) is 0. The van der Waals surface area contributed by atoms with Crippen molar-refractivity contribution in [3.63, 3.8) is 0 Å². The van der Waals surface area contributed by atoms with E-state index in [1.54, 1.807) is 0 Å². The monoisotopic (exact) mass is 226 g/mol. The molecule has 0 aliphatic heterocycles. The molecule has 2 aliphatic rings. The van der Waals surface area contributed by atoms with Crippen LogP contribution in [0.5, 0.6) is 0 Å². The molecule has 1 nitrogen and oxygen atoms in total. The zero-order valence-corrected chi connectivity index (χ0v) is 10.2. The highest BCUT2D eigenvalue weighted by Gasteiger charge is 2.47. The first-order valence-corrected chi connectivity index (χ1v) is 6.57. The normalized spacial score (nSPS) is 34.2. The van der Waals surface area contributed by atoms with Crippen molar-refractivity contribution in [1.29, 1.82) is 0 Å². The molecule has 0 aromatic heterocycles. The maximum absolute atomic E-state index is 12.2. The molecule has 1 saturated carbocycles. The average Bonchev–Trinajstić information content (AvgIpc) is 2.99. The molecule has 88 valence electrons. The molecule has 0 saturated heterocycles. The van der Waals surface area contributed by atoms with Crippen LogP contribution in [0.3, 0.4) is 0 Å². The standard InChI is InChI=1S/C16H18O/c1-2-14(17)16-13-9-8-12(10-13)15(16)11-6-4-3-5-7-11/h3-9,12-13,15-16H,2,10H2,1H3. The molecule has 1 aromatic rings. The fraction of sp³-hybridized carbons (Fsp3) is 0.438. The molecule has 2 aliphatic carbocycles. The molecule has 0 radical (unpaired) electrons. The van der Waals surface area contributed by atoms with Gasteiger partial charge >= 0.3 is 0 Å². The van der Waals surface area contributed by atoms with Crippen LogP contribution in [0.25, 0.3) is 0 Å². The molecule has 1 heteroatoms. The third-order valence-corrected chi connectivity index (χ3v) is 4.36. The molecule has 17 heavy (non-hydrogen) atoms. The van der Waals surface area contributed by atoms with Crippen LogP contribution in [0, 0.1) is 17.8 Å². The van der Waals surface area contributed by atoms with Gasteiger partial charge in [-0.15, -0.1) is 0 Å². The van der Waals surface area contributed by atoms with Crippen molar-refractivity contribution in [1.82, 2.24) is 0 Å². The van der Waals surface area contributed by atoms with Crippen molar-refractivity contribution in [3.05, 3.63) is 48.0 Å². The van der Waals surface area contributed by atoms with Gasteiger partial charge < -0.3 is 0 Å². The second kappa shape index (κ2) is 4.14. The van der Waals surface area contributed by atoms with Gasteiger partial charge in [-0.2, -0.15) is 0 Å². The van der Waals surface area contributed by atoms with E-state index in [0.717, 1.165) is 0 Å². The topological polar surface area (TPSA) is 17.1 Å². The van der Waals surface area contributed by atoms with E-state index >= 15 is 0 Å². The predicted molar refractivity (Wildman–Crippen MR) is 68.7 cm³/mol. The third-order valence-electron chi connectivity index (χ3n) is 4.36. The van der Waals surface area contributed by atoms with Gasteiger partial charge in [0.15, 0.2) is 0 Å². The lowest BCUT2D eigenvalue weighted by atomic mass is 9.76. The van der Waals surface area contributed by atoms with Crippen molar-refractivity contribution in [2.75, 3.05) is 0 Å². The summed E-state index contributed by atoms with van der Waals surface area (Å²) in [6, 6.07) is 10.6. The lowest BCUT2D eigenvalue weighted by Crippen LogP contribution is -2.25. The maximum atomic E-state index is 12.2. The molecule has 0 spiro atoms. The third kappa shape index (κ3) is 1.65. The molecule has 0 N–H and O–H groups in total. The summed E-state index contributed by atoms with van der Waals surface area (Å²) < 4.78 is 0. The van der Waals surface area contributed by atoms with Gasteiger partial charge in [-0.25, -0.2) is 0 Å². The van der Waals surface area contributed by atoms with Gasteiger partial charge in [0.05, 0.1) is 0 Å². The van der Waals surface area contributed by atoms with Gasteiger partial charge in [-0.05, 0) is 23.8 Å². The van der Waals surface area contributed by atoms with Gasteiger partial charge in [-0.1, -0.05) is 49.4 Å². The summed E-state index contributed by atoms with van der Waals surface area (Å²) >= 11 is 0. The van der Waals surface area contributed by atoms with E-state index in [1.807, 2.05) is 13.0 Å². The van der Waals surface area contributed by atoms with Crippen LogP contribution in [0.15, 0.2) is 42.5 Å². The summed E-state index contributed by atoms with van der Waals surface area (Å²) in [7, 11) is 0. The van der Waals surface area contributed by atoms with Crippen molar-refractivity contribution in [3.8, 4) is 0 Å². The number of rotatable bonds is 3. The summed E-state index contributed by atoms with van der Waals surface area (Å²) in [6.45, 7) is 1.99. The summed E-state index contributed by atoms with van der Waals surface area (Å²) in [5.41, 5.74) is 1.34. The Balaban J connectivity index is 1.97. The summed E-state index contributed by atoms with van der Waals surface area (Å²) in [4.78, 5) is 12.2. The number of allylic oxidation sites excluding steroid dienone is 2. The number of hydrogen-bond donors (Lipinski definition) is 0. The van der Waals surface area contributed by atoms with E-state index in [-0.39, 0.29) is 5.92 Å². The zero-order chi connectivity index (χ0) is 11.8. The molecule has 1 fully saturated rings. The van der Waals surface area contributed by atoms with Crippen molar-refractivity contribution >= 4 is 5.78 Å². The van der Waals surface area contributed by atoms with Crippen LogP contribution in [-0.2, 0) is 4.79 Å². The van der Waals surface area contributed by atoms with Gasteiger partial charge in [0, 0.05) is 18.3 Å². The first-order chi connectivity index (χ1) is 8.31. The van der Waals surface area contributed by atoms with Gasteiger partial charge in [-0.3, -0.25) is 4.79 Å². The van der Waals surface area contributed by atoms with Crippen molar-refractivity contribution in [2.24, 2.45) is 17.8 Å². The van der Waals surface area contributed by atoms with Crippen LogP contribution < -0.4 is 0 Å². The number of carbonyl (C=O) groups is 1. The lowest BCUT2D eigenvalue weighted by Gasteiger charge is -2.27. The van der Waals surface area contributed by atoms with Crippen LogP contribution in [-0.4, -0.2) is 5.78 Å². The largest absolute Gasteiger partial charge is 0.299 e. The zero-order valence-electron chi connectivity index (χ0n) is 10.2. The highest BCUT2D eigenvalue weighted by Crippen LogP contribution is 2.53. The second-order valence-electron chi connectivity index (χ2n) is 5.23. The first kappa shape index (κ1) is 10.8. The van der Waals surface area contributed by atoms with Crippen LogP contribution in [0.4, 0.5) is 0 Å². The molecular weight excluding hydrogens is 208 g/mol. The van der Waals surface area contributed by atoms with Crippen LogP contribution >= 0.6 is 0 Å². The van der Waals surface area contributed by atoms with E-state index in [9.17, 15) is 4.79 Å². The minimum absolute atomic E-state index is 0.234. The van der Waals surface area contributed by atoms with Crippen molar-refractivity contribution < 1.29 is 4.79 Å². The molecule has 0 heterocycles. The highest BCUT2D eigenvalue weighted by atomic mass is 16.1. The minimum atomic E-state index is 0.234. The smallest absolute Gasteiger partial charge is 0.136 e. The molecule has 0 amide bonds. The number of hydrogen-bond acceptors (Lipinski definition) is 1. The molecular formula is C16H18O. The Morgan fingerprint density at radius 1 is 1.18 bits per heavy atom. The van der Waals surface area contributed by atoms with Gasteiger partial charge in [0.2, 0.25) is 0 Å². The fourth-order valence-electron chi connectivity index (χ4n) is 3.63. The Kier molecular flexibility index (Phi) is 2.62. The number of carbonyl (C=O) groups excluding carboxylic acids is 1. The minimum Gasteiger partial charge on any atom is -0.299 e. The molecule has 4 atom stereocenters. The lowest BCUT2D eigenvalue weighted by molar-refractivity contribution is -0.123. The molecule has 3 rings (SSSR count). The van der Waals surface area contributed by atoms with Crippen molar-refractivity contribution in [2.45, 2.75) is 25.7 Å². The van der Waals surface area contributed by atoms with Crippen LogP contribution in [0.2, 0.25) is 0 Å². The van der Waals surface area contributed by atoms with E-state index in [2.05, 4.69) is 36.4 Å². The van der Waals surface area contributed by atoms with E-state index in [4.69, 9.17) is 0 Å². The Bertz CT molecular complexity index is 446. The van der Waals surface area contributed by atoms with E-state index < -0.39 is 0 Å². The molecule has 2 bridgehead atoms. The van der Waals surface area contributed by atoms with Gasteiger partial charge in [0.1, 0.15) is 5.78 Å². The molecule has 1 aromatic carbocycles. The predicted octanol–water partition coefficient (Wildman–Crippen LogP) is 3.57. The Hall–Kier alpha value is -1.37. The van der Waals surface area contributed by atoms with Gasteiger partial charge in [0.25, 0.3) is 0 Å². The quantitative estimate of drug-likeness (QED) is 0.720. The van der Waals surface area contributed by atoms with Crippen LogP contribution in [0.1, 0.15) is 31.2 Å². The second-order valence-corrected chi connectivity index (χ2v) is 5.23. The Morgan fingerprint density at radius 3 is 2.59 bits per heavy atom. The SMILES string of the molecule is CCC(=O)C1C2C=CC(C2)C1c1ccccc1. The summed E-state index contributed by atoms with van der Waals surface area (Å²) in [5.74, 6) is 2.19. The molecule has 4 unspecified atom stereocenters. The highest BCUT2D eigenvalue weighted by molar-refractivity contribution is 5.83.